The molecule has 0 bridgehead atoms. The molecule has 15 heavy (non-hydrogen) atoms. The monoisotopic (exact) mass is 310 g/mol. The molecular weight excluding hydrogens is 311 g/mol. The van der Waals surface area contributed by atoms with E-state index in [0.717, 1.165) is 0 Å². The van der Waals surface area contributed by atoms with Gasteiger partial charge >= 0.3 is 18.3 Å². The van der Waals surface area contributed by atoms with Crippen molar-refractivity contribution in [2.45, 2.75) is 18.3 Å². The van der Waals surface area contributed by atoms with Crippen LogP contribution in [0.5, 0.6) is 0 Å². The highest BCUT2D eigenvalue weighted by molar-refractivity contribution is 9.11. The molecule has 0 rings (SSSR count). The molecule has 0 nitrogen and oxygen atoms in total. The minimum absolute atomic E-state index is 1.25. The highest BCUT2D eigenvalue weighted by Gasteiger charge is 2.62. The first-order valence-electron chi connectivity index (χ1n) is 2.89. The molecule has 0 fully saturated rings. The Labute approximate surface area is 84.9 Å². The first kappa shape index (κ1) is 14.6. The van der Waals surface area contributed by atoms with Crippen LogP contribution in [0.1, 0.15) is 0 Å². The number of hydrogen-bond acceptors (Lipinski definition) is 0. The summed E-state index contributed by atoms with van der Waals surface area (Å²) in [5, 5.41) is 0. The molecule has 90 valence electrons. The topological polar surface area (TPSA) is 0 Å². The van der Waals surface area contributed by atoms with Crippen LogP contribution in [0.4, 0.5) is 39.5 Å². The molecule has 0 unspecified atom stereocenters. The van der Waals surface area contributed by atoms with Gasteiger partial charge in [0, 0.05) is 0 Å². The van der Waals surface area contributed by atoms with Gasteiger partial charge in [0.1, 0.15) is 4.48 Å². The van der Waals surface area contributed by atoms with E-state index >= 15 is 0 Å². The quantitative estimate of drug-likeness (QED) is 0.633. The van der Waals surface area contributed by atoms with Crippen molar-refractivity contribution in [2.75, 3.05) is 0 Å². The first-order valence-corrected chi connectivity index (χ1v) is 3.68. The molecule has 0 aromatic heterocycles. The van der Waals surface area contributed by atoms with Crippen molar-refractivity contribution < 1.29 is 39.5 Å². The standard InChI is InChI=1S/C5BrF9/c6-1(2(7)4(10,11)12)3(8,9)5(13,14)15. The molecule has 0 saturated carbocycles. The lowest BCUT2D eigenvalue weighted by atomic mass is 10.3. The fraction of sp³-hybridized carbons (Fsp3) is 0.600. The number of allylic oxidation sites excluding steroid dienone is 2. The second-order valence-electron chi connectivity index (χ2n) is 2.20. The van der Waals surface area contributed by atoms with Gasteiger partial charge < -0.3 is 0 Å². The van der Waals surface area contributed by atoms with E-state index in [-0.39, 0.29) is 0 Å². The Hall–Kier alpha value is -0.410. The maximum atomic E-state index is 12.1. The molecule has 0 aliphatic heterocycles. The summed E-state index contributed by atoms with van der Waals surface area (Å²) in [4.78, 5) is 0. The Morgan fingerprint density at radius 2 is 1.13 bits per heavy atom. The molecule has 0 aromatic rings. The van der Waals surface area contributed by atoms with Crippen molar-refractivity contribution in [3.8, 4) is 0 Å². The van der Waals surface area contributed by atoms with Crippen molar-refractivity contribution in [1.82, 2.24) is 0 Å². The van der Waals surface area contributed by atoms with Crippen LogP contribution < -0.4 is 0 Å². The van der Waals surface area contributed by atoms with Crippen LogP contribution >= 0.6 is 15.9 Å². The van der Waals surface area contributed by atoms with E-state index in [9.17, 15) is 39.5 Å². The van der Waals surface area contributed by atoms with Gasteiger partial charge in [-0.2, -0.15) is 35.1 Å². The lowest BCUT2D eigenvalue weighted by Gasteiger charge is -2.20. The second kappa shape index (κ2) is 3.87. The van der Waals surface area contributed by atoms with Crippen molar-refractivity contribution in [2.24, 2.45) is 0 Å². The van der Waals surface area contributed by atoms with Crippen LogP contribution in [-0.2, 0) is 0 Å². The van der Waals surface area contributed by atoms with Crippen molar-refractivity contribution in [1.29, 1.82) is 0 Å². The summed E-state index contributed by atoms with van der Waals surface area (Å²) in [5.74, 6) is -9.45. The molecule has 0 amide bonds. The Bertz CT molecular complexity index is 269. The van der Waals surface area contributed by atoms with Gasteiger partial charge in [-0.05, 0) is 15.9 Å². The van der Waals surface area contributed by atoms with Gasteiger partial charge in [0.25, 0.3) is 0 Å². The Morgan fingerprint density at radius 1 is 0.800 bits per heavy atom. The Balaban J connectivity index is 5.44. The lowest BCUT2D eigenvalue weighted by molar-refractivity contribution is -0.262. The van der Waals surface area contributed by atoms with Crippen LogP contribution in [0.2, 0.25) is 0 Å². The average Bonchev–Trinajstić information content (AvgIpc) is 1.97. The summed E-state index contributed by atoms with van der Waals surface area (Å²) in [6, 6.07) is 0. The van der Waals surface area contributed by atoms with Crippen molar-refractivity contribution in [3.05, 3.63) is 10.3 Å². The van der Waals surface area contributed by atoms with E-state index in [1.54, 1.807) is 0 Å². The number of hydrogen-bond donors (Lipinski definition) is 0. The largest absolute Gasteiger partial charge is 0.458 e. The summed E-state index contributed by atoms with van der Waals surface area (Å²) < 4.78 is 102. The first-order chi connectivity index (χ1) is 6.32. The number of halogens is 10. The maximum Gasteiger partial charge on any atom is 0.458 e. The normalized spacial score (nSPS) is 16.4. The van der Waals surface area contributed by atoms with E-state index < -0.39 is 28.6 Å². The van der Waals surface area contributed by atoms with Gasteiger partial charge in [-0.25, -0.2) is 4.39 Å². The summed E-state index contributed by atoms with van der Waals surface area (Å²) in [7, 11) is 0. The van der Waals surface area contributed by atoms with Gasteiger partial charge in [0.15, 0.2) is 0 Å². The molecule has 0 spiro atoms. The molecule has 10 heteroatoms. The van der Waals surface area contributed by atoms with Crippen molar-refractivity contribution >= 4 is 15.9 Å². The highest BCUT2D eigenvalue weighted by atomic mass is 79.9. The molecule has 0 aromatic carbocycles. The summed E-state index contributed by atoms with van der Waals surface area (Å²) >= 11 is 1.25. The third kappa shape index (κ3) is 3.02. The zero-order valence-corrected chi connectivity index (χ0v) is 7.87. The van der Waals surface area contributed by atoms with E-state index in [1.165, 1.54) is 15.9 Å². The van der Waals surface area contributed by atoms with Crippen LogP contribution in [0.3, 0.4) is 0 Å². The zero-order valence-electron chi connectivity index (χ0n) is 6.28. The van der Waals surface area contributed by atoms with E-state index in [1.807, 2.05) is 0 Å². The highest BCUT2D eigenvalue weighted by Crippen LogP contribution is 2.47. The van der Waals surface area contributed by atoms with Gasteiger partial charge in [0.05, 0.1) is 0 Å². The SMILES string of the molecule is FC(=C(Br)C(F)(F)C(F)(F)F)C(F)(F)F. The summed E-state index contributed by atoms with van der Waals surface area (Å²) in [5.41, 5.74) is 0. The maximum absolute atomic E-state index is 12.1. The minimum atomic E-state index is -6.31. The van der Waals surface area contributed by atoms with E-state index in [4.69, 9.17) is 0 Å². The smallest absolute Gasteiger partial charge is 0.201 e. The third-order valence-corrected chi connectivity index (χ3v) is 1.92. The number of alkyl halides is 8. The van der Waals surface area contributed by atoms with Gasteiger partial charge in [-0.15, -0.1) is 0 Å². The summed E-state index contributed by atoms with van der Waals surface area (Å²) in [6.07, 6.45) is -12.2. The molecule has 0 aliphatic carbocycles. The molecular formula is C5BrF9. The zero-order chi connectivity index (χ0) is 12.7. The molecule has 0 heterocycles. The Kier molecular flexibility index (Phi) is 3.77. The van der Waals surface area contributed by atoms with E-state index in [2.05, 4.69) is 0 Å². The van der Waals surface area contributed by atoms with Gasteiger partial charge in [-0.3, -0.25) is 0 Å². The molecule has 0 saturated heterocycles. The van der Waals surface area contributed by atoms with Crippen molar-refractivity contribution in [3.63, 3.8) is 0 Å². The summed E-state index contributed by atoms with van der Waals surface area (Å²) in [6.45, 7) is 0. The fourth-order valence-corrected chi connectivity index (χ4v) is 0.836. The van der Waals surface area contributed by atoms with Crippen LogP contribution in [0.15, 0.2) is 10.3 Å². The Morgan fingerprint density at radius 3 is 1.33 bits per heavy atom. The predicted octanol–water partition coefficient (Wildman–Crippen LogP) is 4.32. The molecule has 0 aliphatic rings. The molecule has 0 atom stereocenters. The van der Waals surface area contributed by atoms with Crippen LogP contribution in [-0.4, -0.2) is 18.3 Å². The third-order valence-electron chi connectivity index (χ3n) is 1.07. The number of rotatable bonds is 1. The van der Waals surface area contributed by atoms with E-state index in [0.29, 0.717) is 0 Å². The predicted molar refractivity (Wildman–Crippen MR) is 34.1 cm³/mol. The van der Waals surface area contributed by atoms with Gasteiger partial charge in [-0.1, -0.05) is 0 Å². The molecule has 0 radical (unpaired) electrons. The average molecular weight is 311 g/mol. The second-order valence-corrected chi connectivity index (χ2v) is 2.99. The molecule has 0 N–H and O–H groups in total. The van der Waals surface area contributed by atoms with Gasteiger partial charge in [0.2, 0.25) is 5.83 Å². The van der Waals surface area contributed by atoms with Crippen LogP contribution in [0.25, 0.3) is 0 Å². The minimum Gasteiger partial charge on any atom is -0.201 e. The lowest BCUT2D eigenvalue weighted by Crippen LogP contribution is -2.38. The van der Waals surface area contributed by atoms with Crippen LogP contribution in [0, 0.1) is 0 Å². The fourth-order valence-electron chi connectivity index (χ4n) is 0.387.